The number of nitrogens with two attached hydrogens (primary N) is 1. The molecule has 3 amide bonds. The maximum absolute atomic E-state index is 13.2. The minimum Gasteiger partial charge on any atom is -0.369 e. The summed E-state index contributed by atoms with van der Waals surface area (Å²) in [6, 6.07) is 22.6. The van der Waals surface area contributed by atoms with Crippen LogP contribution in [0.15, 0.2) is 54.6 Å². The molecule has 7 heteroatoms. The molecule has 0 saturated carbocycles. The van der Waals surface area contributed by atoms with Gasteiger partial charge in [0, 0.05) is 57.6 Å². The minimum absolute atomic E-state index is 0. The van der Waals surface area contributed by atoms with Crippen molar-refractivity contribution in [2.75, 3.05) is 6.54 Å². The Bertz CT molecular complexity index is 897. The van der Waals surface area contributed by atoms with Gasteiger partial charge in [-0.25, -0.2) is 0 Å². The Morgan fingerprint density at radius 1 is 1.08 bits per heavy atom. The molecule has 1 aliphatic heterocycles. The fraction of sp³-hybridized carbons (Fsp3) is 0.500. The van der Waals surface area contributed by atoms with Gasteiger partial charge in [-0.05, 0) is 38.0 Å². The molecule has 6 nitrogen and oxygen atoms in total. The number of carbonyl (C=O) groups excluding carboxylic acids is 3. The standard InChI is InChI=1S/C24H36N3O3.C6H5.Y/c1-4-10-19(22(25)28)20(15-17(2)3)23(29)26-21-13-8-9-14-27(24(21)30)16-18-11-6-5-7-12-18;1-2-4-6-5-3-1;/h5-6,11-12,17,19-21H,4,8-10,13-16H2,1-3H3,(H2,25,28)(H,26,29);1-5H;/q2*-1;/t19-,20+,21-;;/m0../s1. The van der Waals surface area contributed by atoms with Crippen LogP contribution in [0.5, 0.6) is 0 Å². The van der Waals surface area contributed by atoms with E-state index in [9.17, 15) is 14.4 Å². The maximum atomic E-state index is 13.2. The average Bonchev–Trinajstić information content (AvgIpc) is 3.04. The van der Waals surface area contributed by atoms with E-state index in [4.69, 9.17) is 5.73 Å². The number of likely N-dealkylation sites (tertiary alicyclic amines) is 1. The summed E-state index contributed by atoms with van der Waals surface area (Å²) in [4.78, 5) is 40.2. The summed E-state index contributed by atoms with van der Waals surface area (Å²) >= 11 is 0. The molecule has 1 saturated heterocycles. The summed E-state index contributed by atoms with van der Waals surface area (Å²) < 4.78 is 0. The smallest absolute Gasteiger partial charge is 0.244 e. The predicted molar refractivity (Wildman–Crippen MR) is 142 cm³/mol. The minimum atomic E-state index is -0.558. The van der Waals surface area contributed by atoms with E-state index < -0.39 is 23.8 Å². The van der Waals surface area contributed by atoms with E-state index in [1.165, 1.54) is 0 Å². The molecule has 1 fully saturated rings. The van der Waals surface area contributed by atoms with Gasteiger partial charge >= 0.3 is 0 Å². The van der Waals surface area contributed by atoms with E-state index >= 15 is 0 Å². The van der Waals surface area contributed by atoms with Gasteiger partial charge in [0.1, 0.15) is 6.04 Å². The van der Waals surface area contributed by atoms with E-state index in [1.54, 1.807) is 0 Å². The first-order valence-electron chi connectivity index (χ1n) is 13.1. The molecular formula is C30H41N3O3Y-2. The van der Waals surface area contributed by atoms with Crippen molar-refractivity contribution < 1.29 is 47.1 Å². The van der Waals surface area contributed by atoms with Crippen LogP contribution in [0.4, 0.5) is 0 Å². The molecule has 37 heavy (non-hydrogen) atoms. The van der Waals surface area contributed by atoms with E-state index in [0.717, 1.165) is 24.8 Å². The predicted octanol–water partition coefficient (Wildman–Crippen LogP) is 4.53. The molecule has 3 N–H and O–H groups in total. The van der Waals surface area contributed by atoms with Gasteiger partial charge in [0.05, 0.1) is 0 Å². The number of hydrogen-bond donors (Lipinski definition) is 2. The number of nitrogens with zero attached hydrogens (tertiary/aromatic N) is 1. The maximum Gasteiger partial charge on any atom is 0.244 e. The van der Waals surface area contributed by atoms with Gasteiger partial charge in [-0.3, -0.25) is 14.4 Å². The van der Waals surface area contributed by atoms with Crippen LogP contribution in [0.3, 0.4) is 0 Å². The molecule has 2 aromatic carbocycles. The van der Waals surface area contributed by atoms with E-state index in [-0.39, 0.29) is 50.4 Å². The van der Waals surface area contributed by atoms with Crippen molar-refractivity contribution in [2.24, 2.45) is 23.5 Å². The summed E-state index contributed by atoms with van der Waals surface area (Å²) in [5.74, 6) is -1.49. The zero-order valence-corrected chi connectivity index (χ0v) is 25.3. The number of amides is 3. The summed E-state index contributed by atoms with van der Waals surface area (Å²) in [5, 5.41) is 2.98. The number of carbonyl (C=O) groups is 3. The number of benzene rings is 2. The SMILES string of the molecule is CCC[C@H](C(N)=O)[C@@H](CC(C)C)C(=O)N[C@H]1CCCCN(Cc2c[c-]ccc2)C1=O.[Y].[c-]1ccccc1. The van der Waals surface area contributed by atoms with Crippen LogP contribution in [0, 0.1) is 29.9 Å². The van der Waals surface area contributed by atoms with Crippen LogP contribution < -0.4 is 11.1 Å². The quantitative estimate of drug-likeness (QED) is 0.405. The largest absolute Gasteiger partial charge is 0.369 e. The van der Waals surface area contributed by atoms with Crippen molar-refractivity contribution in [3.63, 3.8) is 0 Å². The Labute approximate surface area is 248 Å². The van der Waals surface area contributed by atoms with Gasteiger partial charge in [-0.2, -0.15) is 66.7 Å². The third-order valence-corrected chi connectivity index (χ3v) is 6.36. The van der Waals surface area contributed by atoms with Crippen LogP contribution in [-0.2, 0) is 53.6 Å². The van der Waals surface area contributed by atoms with Gasteiger partial charge < -0.3 is 16.0 Å². The average molecular weight is 581 g/mol. The Morgan fingerprint density at radius 2 is 1.78 bits per heavy atom. The van der Waals surface area contributed by atoms with Crippen LogP contribution in [0.2, 0.25) is 0 Å². The first-order chi connectivity index (χ1) is 17.3. The van der Waals surface area contributed by atoms with Crippen LogP contribution in [-0.4, -0.2) is 35.2 Å². The van der Waals surface area contributed by atoms with Gasteiger partial charge in [0.2, 0.25) is 17.7 Å². The first-order valence-corrected chi connectivity index (χ1v) is 13.1. The monoisotopic (exact) mass is 580 g/mol. The fourth-order valence-electron chi connectivity index (χ4n) is 4.58. The van der Waals surface area contributed by atoms with E-state index in [0.29, 0.717) is 32.4 Å². The normalized spacial score (nSPS) is 16.9. The molecule has 2 aromatic rings. The fourth-order valence-corrected chi connectivity index (χ4v) is 4.58. The molecule has 199 valence electrons. The van der Waals surface area contributed by atoms with E-state index in [1.807, 2.05) is 80.3 Å². The van der Waals surface area contributed by atoms with Gasteiger partial charge in [-0.1, -0.05) is 27.2 Å². The second kappa shape index (κ2) is 18.2. The summed E-state index contributed by atoms with van der Waals surface area (Å²) in [5.41, 5.74) is 6.65. The van der Waals surface area contributed by atoms with Crippen LogP contribution in [0.1, 0.15) is 64.9 Å². The number of rotatable bonds is 10. The Balaban J connectivity index is 0.000000855. The molecule has 0 aromatic heterocycles. The third-order valence-electron chi connectivity index (χ3n) is 6.36. The van der Waals surface area contributed by atoms with Gasteiger partial charge in [0.15, 0.2) is 0 Å². The molecule has 1 aliphatic rings. The molecule has 0 spiro atoms. The Kier molecular flexibility index (Phi) is 16.3. The Morgan fingerprint density at radius 3 is 2.30 bits per heavy atom. The second-order valence-corrected chi connectivity index (χ2v) is 9.84. The number of primary amides is 1. The van der Waals surface area contributed by atoms with Crippen LogP contribution in [0.25, 0.3) is 0 Å². The molecule has 0 aliphatic carbocycles. The first kappa shape index (κ1) is 33.0. The zero-order valence-electron chi connectivity index (χ0n) is 22.5. The zero-order chi connectivity index (χ0) is 26.3. The third kappa shape index (κ3) is 11.9. The molecule has 0 bridgehead atoms. The second-order valence-electron chi connectivity index (χ2n) is 9.84. The molecule has 3 rings (SSSR count). The molecule has 1 radical (unpaired) electrons. The van der Waals surface area contributed by atoms with Crippen LogP contribution >= 0.6 is 0 Å². The summed E-state index contributed by atoms with van der Waals surface area (Å²) in [7, 11) is 0. The van der Waals surface area contributed by atoms with Crippen molar-refractivity contribution >= 4 is 17.7 Å². The molecular weight excluding hydrogens is 539 g/mol. The molecule has 0 unspecified atom stereocenters. The van der Waals surface area contributed by atoms with Crippen molar-refractivity contribution in [2.45, 2.75) is 71.9 Å². The topological polar surface area (TPSA) is 92.5 Å². The summed E-state index contributed by atoms with van der Waals surface area (Å²) in [6.45, 7) is 7.22. The van der Waals surface area contributed by atoms with Crippen molar-refractivity contribution in [3.05, 3.63) is 72.3 Å². The number of nitrogens with one attached hydrogen (secondary N) is 1. The van der Waals surface area contributed by atoms with E-state index in [2.05, 4.69) is 17.4 Å². The van der Waals surface area contributed by atoms with Gasteiger partial charge in [-0.15, -0.1) is 5.56 Å². The molecule has 3 atom stereocenters. The van der Waals surface area contributed by atoms with Gasteiger partial charge in [0.25, 0.3) is 0 Å². The Hall–Kier alpha value is -2.05. The van der Waals surface area contributed by atoms with Crippen molar-refractivity contribution in [1.29, 1.82) is 0 Å². The number of hydrogen-bond acceptors (Lipinski definition) is 3. The van der Waals surface area contributed by atoms with Crippen molar-refractivity contribution in [3.8, 4) is 0 Å². The summed E-state index contributed by atoms with van der Waals surface area (Å²) in [6.07, 6.45) is 4.32. The molecule has 1 heterocycles. The van der Waals surface area contributed by atoms with Crippen molar-refractivity contribution in [1.82, 2.24) is 10.2 Å².